The van der Waals surface area contributed by atoms with Gasteiger partial charge in [0.05, 0.1) is 5.37 Å². The summed E-state index contributed by atoms with van der Waals surface area (Å²) in [4.78, 5) is 0. The molecule has 3 nitrogen and oxygen atoms in total. The summed E-state index contributed by atoms with van der Waals surface area (Å²) >= 11 is 4.68. The lowest BCUT2D eigenvalue weighted by Crippen LogP contribution is -1.86. The van der Waals surface area contributed by atoms with Crippen LogP contribution in [0.15, 0.2) is 4.42 Å². The fourth-order valence-electron chi connectivity index (χ4n) is 1.30. The minimum Gasteiger partial charge on any atom is -0.420 e. The molecule has 1 heterocycles. The molecule has 0 aliphatic rings. The van der Waals surface area contributed by atoms with E-state index in [9.17, 15) is 0 Å². The Hall–Kier alpha value is -0.770. The molecule has 0 saturated carbocycles. The summed E-state index contributed by atoms with van der Waals surface area (Å²) < 4.78 is 5.26. The van der Waals surface area contributed by atoms with Gasteiger partial charge in [-0.2, -0.15) is 0 Å². The second-order valence-corrected chi connectivity index (χ2v) is 3.55. The Morgan fingerprint density at radius 3 is 2.64 bits per heavy atom. The Morgan fingerprint density at radius 2 is 2.00 bits per heavy atom. The van der Waals surface area contributed by atoms with Crippen molar-refractivity contribution in [2.24, 2.45) is 0 Å². The number of thiocarbonyl (C=S) groups is 1. The second kappa shape index (κ2) is 6.65. The lowest BCUT2D eigenvalue weighted by atomic mass is 10.1. The van der Waals surface area contributed by atoms with Crippen LogP contribution in [0.25, 0.3) is 0 Å². The average Bonchev–Trinajstić information content (AvgIpc) is 2.65. The van der Waals surface area contributed by atoms with Gasteiger partial charge in [0.2, 0.25) is 5.89 Å². The zero-order valence-electron chi connectivity index (χ0n) is 8.53. The summed E-state index contributed by atoms with van der Waals surface area (Å²) in [6, 6.07) is 0. The normalized spacial score (nSPS) is 10.4. The molecule has 1 rings (SSSR count). The van der Waals surface area contributed by atoms with Crippen molar-refractivity contribution in [3.8, 4) is 0 Å². The van der Waals surface area contributed by atoms with E-state index in [1.165, 1.54) is 31.1 Å². The summed E-state index contributed by atoms with van der Waals surface area (Å²) in [5.41, 5.74) is 0. The second-order valence-electron chi connectivity index (χ2n) is 3.32. The monoisotopic (exact) mass is 212 g/mol. The van der Waals surface area contributed by atoms with Crippen molar-refractivity contribution in [1.82, 2.24) is 10.2 Å². The number of hydrogen-bond donors (Lipinski definition) is 0. The molecule has 0 bridgehead atoms. The molecule has 0 aliphatic carbocycles. The smallest absolute Gasteiger partial charge is 0.251 e. The van der Waals surface area contributed by atoms with Gasteiger partial charge in [0, 0.05) is 6.42 Å². The third-order valence-corrected chi connectivity index (χ3v) is 2.28. The van der Waals surface area contributed by atoms with Crippen LogP contribution >= 0.6 is 12.2 Å². The highest BCUT2D eigenvalue weighted by Gasteiger charge is 2.02. The first kappa shape index (κ1) is 11.3. The van der Waals surface area contributed by atoms with Crippen LogP contribution in [0.3, 0.4) is 0 Å². The summed E-state index contributed by atoms with van der Waals surface area (Å²) in [7, 11) is 0. The summed E-state index contributed by atoms with van der Waals surface area (Å²) in [5, 5.41) is 9.07. The van der Waals surface area contributed by atoms with Crippen molar-refractivity contribution in [1.29, 1.82) is 0 Å². The van der Waals surface area contributed by atoms with Gasteiger partial charge in [0.1, 0.15) is 0 Å². The summed E-state index contributed by atoms with van der Waals surface area (Å²) in [6.45, 7) is 2.21. The molecule has 0 amide bonds. The van der Waals surface area contributed by atoms with E-state index in [4.69, 9.17) is 4.42 Å². The average molecular weight is 212 g/mol. The summed E-state index contributed by atoms with van der Waals surface area (Å²) in [5.74, 6) is 1.15. The molecule has 0 saturated heterocycles. The van der Waals surface area contributed by atoms with Gasteiger partial charge in [-0.25, -0.2) is 0 Å². The van der Waals surface area contributed by atoms with Crippen LogP contribution in [0.1, 0.15) is 50.8 Å². The molecule has 0 aromatic carbocycles. The van der Waals surface area contributed by atoms with Crippen LogP contribution in [-0.4, -0.2) is 15.6 Å². The number of nitrogens with zero attached hydrogens (tertiary/aromatic N) is 2. The van der Waals surface area contributed by atoms with E-state index in [2.05, 4.69) is 29.3 Å². The fourth-order valence-corrected chi connectivity index (χ4v) is 1.39. The molecular weight excluding hydrogens is 196 g/mol. The van der Waals surface area contributed by atoms with Crippen LogP contribution in [0.2, 0.25) is 0 Å². The van der Waals surface area contributed by atoms with Gasteiger partial charge < -0.3 is 4.42 Å². The lowest BCUT2D eigenvalue weighted by molar-refractivity contribution is 0.474. The van der Waals surface area contributed by atoms with Gasteiger partial charge >= 0.3 is 0 Å². The maximum absolute atomic E-state index is 5.26. The van der Waals surface area contributed by atoms with Gasteiger partial charge in [0.15, 0.2) is 0 Å². The molecule has 0 unspecified atom stereocenters. The summed E-state index contributed by atoms with van der Waals surface area (Å²) in [6.07, 6.45) is 7.12. The minimum atomic E-state index is 0.448. The van der Waals surface area contributed by atoms with E-state index in [0.717, 1.165) is 12.8 Å². The number of aromatic nitrogens is 2. The molecule has 0 aliphatic heterocycles. The third kappa shape index (κ3) is 3.96. The zero-order valence-corrected chi connectivity index (χ0v) is 9.35. The molecule has 1 aromatic rings. The topological polar surface area (TPSA) is 38.9 Å². The molecule has 0 spiro atoms. The number of unbranched alkanes of at least 4 members (excludes halogenated alkanes) is 4. The largest absolute Gasteiger partial charge is 0.420 e. The van der Waals surface area contributed by atoms with Crippen LogP contribution in [0.5, 0.6) is 0 Å². The predicted molar refractivity (Wildman–Crippen MR) is 59.5 cm³/mol. The number of rotatable bonds is 7. The third-order valence-electron chi connectivity index (χ3n) is 2.08. The molecule has 0 N–H and O–H groups in total. The molecule has 0 radical (unpaired) electrons. The van der Waals surface area contributed by atoms with Crippen molar-refractivity contribution in [3.05, 3.63) is 11.8 Å². The van der Waals surface area contributed by atoms with E-state index in [-0.39, 0.29) is 0 Å². The van der Waals surface area contributed by atoms with Gasteiger partial charge in [-0.15, -0.1) is 10.2 Å². The predicted octanol–water partition coefficient (Wildman–Crippen LogP) is 2.93. The Labute approximate surface area is 89.9 Å². The van der Waals surface area contributed by atoms with Gasteiger partial charge in [-0.05, 0) is 6.42 Å². The Bertz CT molecular complexity index is 273. The van der Waals surface area contributed by atoms with Crippen LogP contribution < -0.4 is 0 Å². The maximum Gasteiger partial charge on any atom is 0.251 e. The van der Waals surface area contributed by atoms with E-state index in [1.54, 1.807) is 0 Å². The van der Waals surface area contributed by atoms with Crippen molar-refractivity contribution in [3.63, 3.8) is 0 Å². The minimum absolute atomic E-state index is 0.448. The van der Waals surface area contributed by atoms with Crippen molar-refractivity contribution in [2.45, 2.75) is 45.4 Å². The van der Waals surface area contributed by atoms with Crippen LogP contribution in [-0.2, 0) is 6.42 Å². The molecular formula is C10H16N2OS. The number of hydrogen-bond acceptors (Lipinski definition) is 4. The Morgan fingerprint density at radius 1 is 1.21 bits per heavy atom. The van der Waals surface area contributed by atoms with Crippen LogP contribution in [0, 0.1) is 0 Å². The molecule has 1 aromatic heterocycles. The molecule has 78 valence electrons. The van der Waals surface area contributed by atoms with Gasteiger partial charge in [-0.3, -0.25) is 0 Å². The van der Waals surface area contributed by atoms with Crippen molar-refractivity contribution < 1.29 is 4.42 Å². The lowest BCUT2D eigenvalue weighted by Gasteiger charge is -1.96. The van der Waals surface area contributed by atoms with E-state index in [0.29, 0.717) is 11.8 Å². The first-order chi connectivity index (χ1) is 6.86. The maximum atomic E-state index is 5.26. The van der Waals surface area contributed by atoms with Gasteiger partial charge in [-0.1, -0.05) is 44.8 Å². The Balaban J connectivity index is 2.14. The zero-order chi connectivity index (χ0) is 10.2. The first-order valence-corrected chi connectivity index (χ1v) is 5.61. The highest BCUT2D eigenvalue weighted by molar-refractivity contribution is 7.79. The van der Waals surface area contributed by atoms with E-state index < -0.39 is 0 Å². The van der Waals surface area contributed by atoms with Gasteiger partial charge in [0.25, 0.3) is 5.89 Å². The van der Waals surface area contributed by atoms with Crippen molar-refractivity contribution >= 4 is 17.6 Å². The van der Waals surface area contributed by atoms with E-state index >= 15 is 0 Å². The molecule has 0 atom stereocenters. The quantitative estimate of drug-likeness (QED) is 0.514. The van der Waals surface area contributed by atoms with E-state index in [1.807, 2.05) is 0 Å². The standard InChI is InChI=1S/C10H16N2OS/c1-2-3-4-5-6-7-9-11-12-10(8-14)13-9/h8H,2-7H2,1H3. The van der Waals surface area contributed by atoms with Crippen LogP contribution in [0.4, 0.5) is 0 Å². The van der Waals surface area contributed by atoms with Crippen molar-refractivity contribution in [2.75, 3.05) is 0 Å². The molecule has 14 heavy (non-hydrogen) atoms. The first-order valence-electron chi connectivity index (χ1n) is 5.14. The Kier molecular flexibility index (Phi) is 5.37. The molecule has 0 fully saturated rings. The SMILES string of the molecule is CCCCCCCc1nnc(C=S)o1. The number of aryl methyl sites for hydroxylation is 1. The molecule has 4 heteroatoms. The fraction of sp³-hybridized carbons (Fsp3) is 0.700. The highest BCUT2D eigenvalue weighted by atomic mass is 32.1. The highest BCUT2D eigenvalue weighted by Crippen LogP contribution is 2.07.